The van der Waals surface area contributed by atoms with E-state index < -0.39 is 0 Å². The Kier molecular flexibility index (Phi) is 4.02. The number of amides is 1. The Bertz CT molecular complexity index is 522. The molecule has 1 aromatic carbocycles. The molecule has 1 heterocycles. The third-order valence-electron chi connectivity index (χ3n) is 2.64. The maximum absolute atomic E-state index is 11.9. The zero-order valence-corrected chi connectivity index (χ0v) is 10.7. The number of hydrogen-bond acceptors (Lipinski definition) is 4. The first-order valence-electron chi connectivity index (χ1n) is 5.85. The average molecular weight is 260 g/mol. The Labute approximate surface area is 111 Å². The Balaban J connectivity index is 1.82. The lowest BCUT2D eigenvalue weighted by Crippen LogP contribution is -2.30. The first-order valence-corrected chi connectivity index (χ1v) is 5.85. The molecule has 0 aliphatic carbocycles. The molecule has 0 bridgehead atoms. The van der Waals surface area contributed by atoms with Crippen molar-refractivity contribution in [3.8, 4) is 5.75 Å². The van der Waals surface area contributed by atoms with Crippen LogP contribution in [-0.4, -0.2) is 34.7 Å². The van der Waals surface area contributed by atoms with E-state index in [0.29, 0.717) is 18.0 Å². The van der Waals surface area contributed by atoms with Crippen LogP contribution in [0.1, 0.15) is 5.56 Å². The number of nitrogen functional groups attached to an aromatic ring is 1. The normalized spacial score (nSPS) is 10.2. The smallest absolute Gasteiger partial charge is 0.260 e. The van der Waals surface area contributed by atoms with Gasteiger partial charge in [0.15, 0.2) is 6.61 Å². The number of nitrogens with one attached hydrogen (secondary N) is 1. The first kappa shape index (κ1) is 12.9. The minimum absolute atomic E-state index is 0.00172. The summed E-state index contributed by atoms with van der Waals surface area (Å²) < 4.78 is 5.39. The van der Waals surface area contributed by atoms with Gasteiger partial charge < -0.3 is 15.4 Å². The minimum Gasteiger partial charge on any atom is -0.484 e. The lowest BCUT2D eigenvalue weighted by molar-refractivity contribution is -0.132. The molecule has 0 saturated carbocycles. The molecule has 6 heteroatoms. The van der Waals surface area contributed by atoms with E-state index in [1.807, 2.05) is 0 Å². The van der Waals surface area contributed by atoms with Crippen LogP contribution in [0.15, 0.2) is 36.7 Å². The maximum atomic E-state index is 11.9. The number of carbonyl (C=O) groups is 1. The molecular formula is C13H16N4O2. The molecule has 0 aliphatic rings. The molecule has 1 aromatic heterocycles. The van der Waals surface area contributed by atoms with Gasteiger partial charge in [0, 0.05) is 31.0 Å². The van der Waals surface area contributed by atoms with Crippen molar-refractivity contribution >= 4 is 11.6 Å². The fourth-order valence-electron chi connectivity index (χ4n) is 1.55. The number of aromatic amines is 1. The Morgan fingerprint density at radius 2 is 2.16 bits per heavy atom. The van der Waals surface area contributed by atoms with Crippen molar-refractivity contribution in [1.82, 2.24) is 15.1 Å². The van der Waals surface area contributed by atoms with Gasteiger partial charge in [0.2, 0.25) is 0 Å². The fraction of sp³-hybridized carbons (Fsp3) is 0.231. The summed E-state index contributed by atoms with van der Waals surface area (Å²) in [5.74, 6) is 0.525. The highest BCUT2D eigenvalue weighted by Gasteiger charge is 2.10. The molecule has 2 rings (SSSR count). The maximum Gasteiger partial charge on any atom is 0.260 e. The molecule has 0 fully saturated rings. The van der Waals surface area contributed by atoms with Crippen molar-refractivity contribution in [3.05, 3.63) is 42.2 Å². The molecular weight excluding hydrogens is 244 g/mol. The SMILES string of the molecule is CN(Cc1cn[nH]c1)C(=O)COc1ccc(N)cc1. The van der Waals surface area contributed by atoms with Gasteiger partial charge in [0.05, 0.1) is 6.20 Å². The first-order chi connectivity index (χ1) is 9.15. The van der Waals surface area contributed by atoms with Gasteiger partial charge in [0.25, 0.3) is 5.91 Å². The van der Waals surface area contributed by atoms with E-state index in [0.717, 1.165) is 5.56 Å². The van der Waals surface area contributed by atoms with E-state index in [-0.39, 0.29) is 12.5 Å². The van der Waals surface area contributed by atoms with E-state index in [9.17, 15) is 4.79 Å². The van der Waals surface area contributed by atoms with Crippen LogP contribution in [0.2, 0.25) is 0 Å². The number of carbonyl (C=O) groups excluding carboxylic acids is 1. The van der Waals surface area contributed by atoms with Crippen LogP contribution in [0.4, 0.5) is 5.69 Å². The topological polar surface area (TPSA) is 84.2 Å². The second-order valence-corrected chi connectivity index (χ2v) is 4.21. The number of anilines is 1. The molecule has 0 aliphatic heterocycles. The van der Waals surface area contributed by atoms with Gasteiger partial charge in [-0.3, -0.25) is 9.89 Å². The van der Waals surface area contributed by atoms with Crippen molar-refractivity contribution < 1.29 is 9.53 Å². The quantitative estimate of drug-likeness (QED) is 0.786. The molecule has 6 nitrogen and oxygen atoms in total. The van der Waals surface area contributed by atoms with Crippen LogP contribution < -0.4 is 10.5 Å². The van der Waals surface area contributed by atoms with Gasteiger partial charge in [-0.25, -0.2) is 0 Å². The second-order valence-electron chi connectivity index (χ2n) is 4.21. The molecule has 0 atom stereocenters. The highest BCUT2D eigenvalue weighted by Crippen LogP contribution is 2.13. The highest BCUT2D eigenvalue weighted by atomic mass is 16.5. The van der Waals surface area contributed by atoms with Gasteiger partial charge in [-0.15, -0.1) is 0 Å². The molecule has 0 spiro atoms. The number of hydrogen-bond donors (Lipinski definition) is 2. The third-order valence-corrected chi connectivity index (χ3v) is 2.64. The van der Waals surface area contributed by atoms with E-state index in [2.05, 4.69) is 10.2 Å². The van der Waals surface area contributed by atoms with Crippen LogP contribution in [0.3, 0.4) is 0 Å². The molecule has 1 amide bonds. The summed E-state index contributed by atoms with van der Waals surface area (Å²) in [6.45, 7) is 0.499. The number of nitrogens with two attached hydrogens (primary N) is 1. The van der Waals surface area contributed by atoms with E-state index in [1.54, 1.807) is 48.6 Å². The van der Waals surface area contributed by atoms with E-state index in [1.165, 1.54) is 0 Å². The van der Waals surface area contributed by atoms with Gasteiger partial charge in [0.1, 0.15) is 5.75 Å². The van der Waals surface area contributed by atoms with Crippen molar-refractivity contribution in [2.45, 2.75) is 6.54 Å². The third kappa shape index (κ3) is 3.74. The van der Waals surface area contributed by atoms with Gasteiger partial charge in [-0.05, 0) is 24.3 Å². The van der Waals surface area contributed by atoms with E-state index in [4.69, 9.17) is 10.5 Å². The number of H-pyrrole nitrogens is 1. The second kappa shape index (κ2) is 5.90. The predicted octanol–water partition coefficient (Wildman–Crippen LogP) is 1.03. The van der Waals surface area contributed by atoms with Crippen LogP contribution in [0, 0.1) is 0 Å². The predicted molar refractivity (Wildman–Crippen MR) is 71.4 cm³/mol. The summed E-state index contributed by atoms with van der Waals surface area (Å²) in [5, 5.41) is 6.54. The van der Waals surface area contributed by atoms with Gasteiger partial charge >= 0.3 is 0 Å². The lowest BCUT2D eigenvalue weighted by atomic mass is 10.3. The zero-order valence-electron chi connectivity index (χ0n) is 10.7. The van der Waals surface area contributed by atoms with Crippen molar-refractivity contribution in [2.75, 3.05) is 19.4 Å². The molecule has 0 radical (unpaired) electrons. The summed E-state index contributed by atoms with van der Waals surface area (Å²) in [4.78, 5) is 13.4. The summed E-state index contributed by atoms with van der Waals surface area (Å²) in [6, 6.07) is 6.93. The summed E-state index contributed by atoms with van der Waals surface area (Å²) in [7, 11) is 1.72. The number of aromatic nitrogens is 2. The van der Waals surface area contributed by atoms with Crippen molar-refractivity contribution in [3.63, 3.8) is 0 Å². The number of nitrogens with zero attached hydrogens (tertiary/aromatic N) is 2. The molecule has 3 N–H and O–H groups in total. The van der Waals surface area contributed by atoms with Gasteiger partial charge in [-0.1, -0.05) is 0 Å². The fourth-order valence-corrected chi connectivity index (χ4v) is 1.55. The number of rotatable bonds is 5. The molecule has 100 valence electrons. The summed E-state index contributed by atoms with van der Waals surface area (Å²) >= 11 is 0. The standard InChI is InChI=1S/C13H16N4O2/c1-17(8-10-6-15-16-7-10)13(18)9-19-12-4-2-11(14)3-5-12/h2-7H,8-9,14H2,1H3,(H,15,16). The largest absolute Gasteiger partial charge is 0.484 e. The Morgan fingerprint density at radius 3 is 2.79 bits per heavy atom. The molecule has 0 saturated heterocycles. The van der Waals surface area contributed by atoms with Crippen LogP contribution in [0.25, 0.3) is 0 Å². The van der Waals surface area contributed by atoms with Crippen molar-refractivity contribution in [1.29, 1.82) is 0 Å². The number of likely N-dealkylation sites (N-methyl/N-ethyl adjacent to an activating group) is 1. The molecule has 2 aromatic rings. The number of ether oxygens (including phenoxy) is 1. The van der Waals surface area contributed by atoms with Crippen LogP contribution in [-0.2, 0) is 11.3 Å². The summed E-state index contributed by atoms with van der Waals surface area (Å²) in [6.07, 6.45) is 3.44. The molecule has 0 unspecified atom stereocenters. The van der Waals surface area contributed by atoms with E-state index >= 15 is 0 Å². The summed E-state index contributed by atoms with van der Waals surface area (Å²) in [5.41, 5.74) is 7.18. The lowest BCUT2D eigenvalue weighted by Gasteiger charge is -2.16. The monoisotopic (exact) mass is 260 g/mol. The highest BCUT2D eigenvalue weighted by molar-refractivity contribution is 5.77. The zero-order chi connectivity index (χ0) is 13.7. The van der Waals surface area contributed by atoms with Gasteiger partial charge in [-0.2, -0.15) is 5.10 Å². The Hall–Kier alpha value is -2.50. The van der Waals surface area contributed by atoms with Crippen molar-refractivity contribution in [2.24, 2.45) is 0 Å². The van der Waals surface area contributed by atoms with Crippen LogP contribution in [0.5, 0.6) is 5.75 Å². The van der Waals surface area contributed by atoms with Crippen LogP contribution >= 0.6 is 0 Å². The number of benzene rings is 1. The minimum atomic E-state index is -0.0991. The Morgan fingerprint density at radius 1 is 1.42 bits per heavy atom. The average Bonchev–Trinajstić information content (AvgIpc) is 2.90. The molecule has 19 heavy (non-hydrogen) atoms.